The highest BCUT2D eigenvalue weighted by atomic mass is 19.1. The van der Waals surface area contributed by atoms with Gasteiger partial charge in [-0.2, -0.15) is 0 Å². The van der Waals surface area contributed by atoms with Gasteiger partial charge in [-0.25, -0.2) is 8.78 Å². The molecule has 0 aliphatic carbocycles. The molecule has 1 N–H and O–H groups in total. The molecule has 8 heteroatoms. The predicted molar refractivity (Wildman–Crippen MR) is 93.7 cm³/mol. The molecule has 1 amide bonds. The van der Waals surface area contributed by atoms with Crippen LogP contribution >= 0.6 is 0 Å². The van der Waals surface area contributed by atoms with E-state index in [1.165, 1.54) is 0 Å². The maximum atomic E-state index is 13.2. The molecule has 0 unspecified atom stereocenters. The first kappa shape index (κ1) is 16.8. The number of hydrogen-bond acceptors (Lipinski definition) is 5. The third-order valence-electron chi connectivity index (χ3n) is 3.77. The largest absolute Gasteiger partial charge is 0.420 e. The first-order chi connectivity index (χ1) is 13.1. The average molecular weight is 366 g/mol. The summed E-state index contributed by atoms with van der Waals surface area (Å²) < 4.78 is 31.9. The Labute approximate surface area is 151 Å². The lowest BCUT2D eigenvalue weighted by molar-refractivity contribution is -0.115. The first-order valence-electron chi connectivity index (χ1n) is 8.00. The molecular weight excluding hydrogens is 354 g/mol. The summed E-state index contributed by atoms with van der Waals surface area (Å²) in [6.07, 6.45) is 1.48. The summed E-state index contributed by atoms with van der Waals surface area (Å²) in [4.78, 5) is 16.3. The number of carbonyl (C=O) groups excluding carboxylic acids is 1. The Bertz CT molecular complexity index is 1120. The van der Waals surface area contributed by atoms with E-state index in [9.17, 15) is 13.6 Å². The van der Waals surface area contributed by atoms with E-state index in [0.29, 0.717) is 5.56 Å². The molecule has 6 nitrogen and oxygen atoms in total. The van der Waals surface area contributed by atoms with Gasteiger partial charge in [0, 0.05) is 28.9 Å². The molecule has 0 aliphatic heterocycles. The number of benzene rings is 2. The van der Waals surface area contributed by atoms with E-state index < -0.39 is 17.5 Å². The lowest BCUT2D eigenvalue weighted by Gasteiger charge is -2.03. The number of carbonyl (C=O) groups is 1. The van der Waals surface area contributed by atoms with Crippen molar-refractivity contribution in [2.45, 2.75) is 6.42 Å². The van der Waals surface area contributed by atoms with Crippen LogP contribution in [0.4, 0.5) is 14.5 Å². The number of nitrogens with one attached hydrogen (secondary N) is 1. The Morgan fingerprint density at radius 3 is 2.67 bits per heavy atom. The molecule has 27 heavy (non-hydrogen) atoms. The molecule has 0 aliphatic rings. The van der Waals surface area contributed by atoms with Gasteiger partial charge in [0.05, 0.1) is 5.52 Å². The standard InChI is InChI=1S/C19H12F2N4O2/c20-13-7-14(21)9-15(8-13)23-17(26)10-18-24-25-19(27-18)12-3-4-16-11(6-12)2-1-5-22-16/h1-9H,10H2,(H,23,26). The van der Waals surface area contributed by atoms with Crippen LogP contribution in [-0.2, 0) is 11.2 Å². The molecule has 0 saturated heterocycles. The van der Waals surface area contributed by atoms with E-state index in [0.717, 1.165) is 29.1 Å². The molecule has 2 aromatic carbocycles. The maximum absolute atomic E-state index is 13.2. The van der Waals surface area contributed by atoms with Crippen molar-refractivity contribution in [3.05, 3.63) is 72.3 Å². The number of halogens is 2. The van der Waals surface area contributed by atoms with Gasteiger partial charge in [0.25, 0.3) is 0 Å². The molecule has 4 rings (SSSR count). The normalized spacial score (nSPS) is 10.9. The Morgan fingerprint density at radius 2 is 1.85 bits per heavy atom. The summed E-state index contributed by atoms with van der Waals surface area (Å²) in [5, 5.41) is 11.1. The molecule has 4 aromatic rings. The van der Waals surface area contributed by atoms with Crippen molar-refractivity contribution in [1.82, 2.24) is 15.2 Å². The summed E-state index contributed by atoms with van der Waals surface area (Å²) in [7, 11) is 0. The second-order valence-electron chi connectivity index (χ2n) is 5.79. The fourth-order valence-electron chi connectivity index (χ4n) is 2.62. The Hall–Kier alpha value is -3.68. The molecule has 0 radical (unpaired) electrons. The fourth-order valence-corrected chi connectivity index (χ4v) is 2.62. The minimum Gasteiger partial charge on any atom is -0.420 e. The number of amides is 1. The minimum atomic E-state index is -0.781. The summed E-state index contributed by atoms with van der Waals surface area (Å²) in [5.41, 5.74) is 1.55. The number of nitrogens with zero attached hydrogens (tertiary/aromatic N) is 3. The maximum Gasteiger partial charge on any atom is 0.247 e. The van der Waals surface area contributed by atoms with Crippen LogP contribution in [0.5, 0.6) is 0 Å². The first-order valence-corrected chi connectivity index (χ1v) is 8.00. The zero-order chi connectivity index (χ0) is 18.8. The predicted octanol–water partition coefficient (Wildman–Crippen LogP) is 3.74. The van der Waals surface area contributed by atoms with E-state index in [1.807, 2.05) is 24.3 Å². The van der Waals surface area contributed by atoms with Crippen LogP contribution in [0.15, 0.2) is 59.1 Å². The van der Waals surface area contributed by atoms with Crippen molar-refractivity contribution in [3.8, 4) is 11.5 Å². The van der Waals surface area contributed by atoms with Crippen LogP contribution < -0.4 is 5.32 Å². The van der Waals surface area contributed by atoms with Crippen LogP contribution in [-0.4, -0.2) is 21.1 Å². The van der Waals surface area contributed by atoms with Gasteiger partial charge in [-0.1, -0.05) is 6.07 Å². The molecule has 2 heterocycles. The molecule has 0 fully saturated rings. The molecule has 134 valence electrons. The monoisotopic (exact) mass is 366 g/mol. The van der Waals surface area contributed by atoms with E-state index >= 15 is 0 Å². The number of pyridine rings is 1. The number of rotatable bonds is 4. The minimum absolute atomic E-state index is 0.0132. The molecule has 0 saturated carbocycles. The highest BCUT2D eigenvalue weighted by molar-refractivity contribution is 5.91. The average Bonchev–Trinajstić information content (AvgIpc) is 3.08. The van der Waals surface area contributed by atoms with Crippen molar-refractivity contribution in [2.75, 3.05) is 5.32 Å². The van der Waals surface area contributed by atoms with Crippen LogP contribution in [0.2, 0.25) is 0 Å². The number of aromatic nitrogens is 3. The van der Waals surface area contributed by atoms with Crippen molar-refractivity contribution in [1.29, 1.82) is 0 Å². The molecule has 2 aromatic heterocycles. The van der Waals surface area contributed by atoms with Gasteiger partial charge in [0.15, 0.2) is 0 Å². The Balaban J connectivity index is 1.49. The van der Waals surface area contributed by atoms with E-state index in [4.69, 9.17) is 4.42 Å². The van der Waals surface area contributed by atoms with E-state index in [-0.39, 0.29) is 23.9 Å². The third-order valence-corrected chi connectivity index (χ3v) is 3.77. The third kappa shape index (κ3) is 3.79. The summed E-state index contributed by atoms with van der Waals surface area (Å²) in [6.45, 7) is 0. The highest BCUT2D eigenvalue weighted by Crippen LogP contribution is 2.22. The fraction of sp³-hybridized carbons (Fsp3) is 0.0526. The number of anilines is 1. The van der Waals surface area contributed by atoms with Gasteiger partial charge in [-0.05, 0) is 36.4 Å². The topological polar surface area (TPSA) is 80.9 Å². The Morgan fingerprint density at radius 1 is 1.04 bits per heavy atom. The summed E-state index contributed by atoms with van der Waals surface area (Å²) in [6, 6.07) is 12.0. The molecule has 0 bridgehead atoms. The van der Waals surface area contributed by atoms with E-state index in [2.05, 4.69) is 20.5 Å². The van der Waals surface area contributed by atoms with Crippen molar-refractivity contribution >= 4 is 22.5 Å². The zero-order valence-electron chi connectivity index (χ0n) is 13.8. The van der Waals surface area contributed by atoms with Gasteiger partial charge < -0.3 is 9.73 Å². The van der Waals surface area contributed by atoms with Gasteiger partial charge in [0.2, 0.25) is 17.7 Å². The number of hydrogen-bond donors (Lipinski definition) is 1. The van der Waals surface area contributed by atoms with Gasteiger partial charge >= 0.3 is 0 Å². The van der Waals surface area contributed by atoms with Crippen molar-refractivity contribution in [2.24, 2.45) is 0 Å². The molecule has 0 spiro atoms. The lowest BCUT2D eigenvalue weighted by atomic mass is 10.1. The second kappa shape index (κ2) is 6.91. The smallest absolute Gasteiger partial charge is 0.247 e. The summed E-state index contributed by atoms with van der Waals surface area (Å²) in [5.74, 6) is -1.74. The van der Waals surface area contributed by atoms with Crippen LogP contribution in [0.25, 0.3) is 22.4 Å². The molecule has 0 atom stereocenters. The van der Waals surface area contributed by atoms with Crippen molar-refractivity contribution < 1.29 is 18.0 Å². The highest BCUT2D eigenvalue weighted by Gasteiger charge is 2.14. The van der Waals surface area contributed by atoms with Gasteiger partial charge in [-0.3, -0.25) is 9.78 Å². The second-order valence-corrected chi connectivity index (χ2v) is 5.79. The van der Waals surface area contributed by atoms with Gasteiger partial charge in [0.1, 0.15) is 18.1 Å². The molecular formula is C19H12F2N4O2. The van der Waals surface area contributed by atoms with Gasteiger partial charge in [-0.15, -0.1) is 10.2 Å². The lowest BCUT2D eigenvalue weighted by Crippen LogP contribution is -2.14. The van der Waals surface area contributed by atoms with E-state index in [1.54, 1.807) is 12.3 Å². The van der Waals surface area contributed by atoms with Crippen LogP contribution in [0.3, 0.4) is 0 Å². The SMILES string of the molecule is O=C(Cc1nnc(-c2ccc3ncccc3c2)o1)Nc1cc(F)cc(F)c1. The Kier molecular flexibility index (Phi) is 4.29. The summed E-state index contributed by atoms with van der Waals surface area (Å²) >= 11 is 0. The quantitative estimate of drug-likeness (QED) is 0.595. The van der Waals surface area contributed by atoms with Crippen LogP contribution in [0, 0.1) is 11.6 Å². The van der Waals surface area contributed by atoms with Crippen LogP contribution in [0.1, 0.15) is 5.89 Å². The van der Waals surface area contributed by atoms with Crippen molar-refractivity contribution in [3.63, 3.8) is 0 Å². The number of fused-ring (bicyclic) bond motifs is 1. The zero-order valence-corrected chi connectivity index (χ0v) is 13.8.